The highest BCUT2D eigenvalue weighted by Gasteiger charge is 2.37. The van der Waals surface area contributed by atoms with Crippen LogP contribution < -0.4 is 4.31 Å². The second-order valence-electron chi connectivity index (χ2n) is 7.31. The normalized spacial score (nSPS) is 22.0. The van der Waals surface area contributed by atoms with Gasteiger partial charge in [-0.25, -0.2) is 16.8 Å². The lowest BCUT2D eigenvalue weighted by Crippen LogP contribution is -2.36. The Morgan fingerprint density at radius 2 is 1.93 bits per heavy atom. The molecule has 3 heterocycles. The number of benzene rings is 1. The smallest absolute Gasteiger partial charge is 0.266 e. The maximum Gasteiger partial charge on any atom is 0.268 e. The van der Waals surface area contributed by atoms with Crippen LogP contribution in [-0.4, -0.2) is 44.7 Å². The second kappa shape index (κ2) is 6.34. The zero-order chi connectivity index (χ0) is 19.4. The van der Waals surface area contributed by atoms with Crippen LogP contribution >= 0.6 is 0 Å². The molecular formula is C18H23N3O4S2. The third-order valence-electron chi connectivity index (χ3n) is 5.43. The molecule has 7 nitrogen and oxygen atoms in total. The Morgan fingerprint density at radius 3 is 2.63 bits per heavy atom. The molecule has 0 aliphatic carbocycles. The minimum Gasteiger partial charge on any atom is -0.266 e. The summed E-state index contributed by atoms with van der Waals surface area (Å²) in [5.41, 5.74) is 2.67. The van der Waals surface area contributed by atoms with Gasteiger partial charge >= 0.3 is 0 Å². The summed E-state index contributed by atoms with van der Waals surface area (Å²) in [5.74, 6) is 0.137. The van der Waals surface area contributed by atoms with E-state index < -0.39 is 19.9 Å². The van der Waals surface area contributed by atoms with Crippen LogP contribution in [0.3, 0.4) is 0 Å². The van der Waals surface area contributed by atoms with E-state index in [-0.39, 0.29) is 22.4 Å². The first-order valence-electron chi connectivity index (χ1n) is 9.07. The number of anilines is 1. The molecular weight excluding hydrogens is 386 g/mol. The molecule has 1 atom stereocenters. The van der Waals surface area contributed by atoms with Gasteiger partial charge in [0.1, 0.15) is 4.90 Å². The van der Waals surface area contributed by atoms with Crippen LogP contribution in [0.2, 0.25) is 0 Å². The Labute approximate surface area is 160 Å². The van der Waals surface area contributed by atoms with Crippen LogP contribution in [0.15, 0.2) is 29.2 Å². The van der Waals surface area contributed by atoms with E-state index in [1.54, 1.807) is 18.5 Å². The van der Waals surface area contributed by atoms with Gasteiger partial charge in [-0.2, -0.15) is 5.10 Å². The van der Waals surface area contributed by atoms with Gasteiger partial charge in [0.2, 0.25) is 0 Å². The Balaban J connectivity index is 1.78. The van der Waals surface area contributed by atoms with E-state index in [1.165, 1.54) is 4.31 Å². The van der Waals surface area contributed by atoms with Crippen molar-refractivity contribution in [2.45, 2.75) is 44.0 Å². The molecule has 2 aliphatic rings. The van der Waals surface area contributed by atoms with Crippen LogP contribution in [0.5, 0.6) is 0 Å². The van der Waals surface area contributed by atoms with Crippen molar-refractivity contribution < 1.29 is 16.8 Å². The number of aromatic nitrogens is 2. The van der Waals surface area contributed by atoms with Crippen LogP contribution in [0.25, 0.3) is 0 Å². The van der Waals surface area contributed by atoms with Crippen molar-refractivity contribution in [3.8, 4) is 0 Å². The molecule has 9 heteroatoms. The van der Waals surface area contributed by atoms with Gasteiger partial charge in [0.05, 0.1) is 34.6 Å². The molecule has 0 amide bonds. The maximum absolute atomic E-state index is 13.5. The molecule has 0 N–H and O–H groups in total. The fraction of sp³-hybridized carbons (Fsp3) is 0.500. The lowest BCUT2D eigenvalue weighted by Gasteiger charge is -2.30. The number of hydrogen-bond acceptors (Lipinski definition) is 5. The summed E-state index contributed by atoms with van der Waals surface area (Å²) in [5, 5.41) is 4.42. The molecule has 2 aromatic rings. The Kier molecular flexibility index (Phi) is 4.34. The molecule has 0 spiro atoms. The van der Waals surface area contributed by atoms with Crippen molar-refractivity contribution in [3.05, 3.63) is 41.2 Å². The molecule has 1 fully saturated rings. The first-order chi connectivity index (χ1) is 12.7. The van der Waals surface area contributed by atoms with Crippen molar-refractivity contribution in [2.75, 3.05) is 22.4 Å². The molecule has 2 aliphatic heterocycles. The summed E-state index contributed by atoms with van der Waals surface area (Å²) in [7, 11) is -6.85. The Hall–Kier alpha value is -1.87. The average Bonchev–Trinajstić information content (AvgIpc) is 3.13. The van der Waals surface area contributed by atoms with E-state index >= 15 is 0 Å². The van der Waals surface area contributed by atoms with Crippen LogP contribution in [0, 0.1) is 13.8 Å². The van der Waals surface area contributed by atoms with Gasteiger partial charge in [0.15, 0.2) is 9.84 Å². The van der Waals surface area contributed by atoms with E-state index in [1.807, 2.05) is 24.3 Å². The summed E-state index contributed by atoms with van der Waals surface area (Å²) >= 11 is 0. The van der Waals surface area contributed by atoms with E-state index in [0.29, 0.717) is 24.4 Å². The topological polar surface area (TPSA) is 89.3 Å². The third-order valence-corrected chi connectivity index (χ3v) is 9.25. The first kappa shape index (κ1) is 18.5. The van der Waals surface area contributed by atoms with Crippen molar-refractivity contribution in [1.29, 1.82) is 0 Å². The Morgan fingerprint density at radius 1 is 1.19 bits per heavy atom. The predicted octanol–water partition coefficient (Wildman–Crippen LogP) is 2.00. The molecule has 0 bridgehead atoms. The van der Waals surface area contributed by atoms with Gasteiger partial charge in [-0.15, -0.1) is 0 Å². The van der Waals surface area contributed by atoms with Crippen LogP contribution in [-0.2, 0) is 26.3 Å². The zero-order valence-corrected chi connectivity index (χ0v) is 17.1. The van der Waals surface area contributed by atoms with E-state index in [0.717, 1.165) is 24.1 Å². The molecule has 1 aromatic carbocycles. The zero-order valence-electron chi connectivity index (χ0n) is 15.4. The fourth-order valence-corrected chi connectivity index (χ4v) is 7.80. The minimum absolute atomic E-state index is 0.0149. The minimum atomic E-state index is -3.77. The summed E-state index contributed by atoms with van der Waals surface area (Å²) in [6, 6.07) is 7.27. The summed E-state index contributed by atoms with van der Waals surface area (Å²) in [6.07, 6.45) is 2.10. The summed E-state index contributed by atoms with van der Waals surface area (Å²) in [6.45, 7) is 3.82. The predicted molar refractivity (Wildman–Crippen MR) is 103 cm³/mol. The van der Waals surface area contributed by atoms with Crippen molar-refractivity contribution >= 4 is 25.5 Å². The lowest BCUT2D eigenvalue weighted by atomic mass is 10.0. The molecule has 146 valence electrons. The number of fused-ring (bicyclic) bond motifs is 1. The fourth-order valence-electron chi connectivity index (χ4n) is 4.20. The number of sulfonamides is 1. The highest BCUT2D eigenvalue weighted by Crippen LogP contribution is 2.35. The monoisotopic (exact) mass is 409 g/mol. The number of para-hydroxylation sites is 1. The van der Waals surface area contributed by atoms with Gasteiger partial charge in [0, 0.05) is 6.54 Å². The van der Waals surface area contributed by atoms with Gasteiger partial charge in [-0.05, 0) is 44.7 Å². The van der Waals surface area contributed by atoms with Gasteiger partial charge in [-0.1, -0.05) is 18.2 Å². The Bertz CT molecular complexity index is 1100. The van der Waals surface area contributed by atoms with E-state index in [4.69, 9.17) is 0 Å². The highest BCUT2D eigenvalue weighted by molar-refractivity contribution is 7.93. The number of hydrogen-bond donors (Lipinski definition) is 0. The molecule has 0 unspecified atom stereocenters. The van der Waals surface area contributed by atoms with Gasteiger partial charge in [0.25, 0.3) is 10.0 Å². The van der Waals surface area contributed by atoms with E-state index in [2.05, 4.69) is 5.10 Å². The van der Waals surface area contributed by atoms with Gasteiger partial charge < -0.3 is 0 Å². The van der Waals surface area contributed by atoms with Gasteiger partial charge in [-0.3, -0.25) is 8.99 Å². The summed E-state index contributed by atoms with van der Waals surface area (Å²) < 4.78 is 53.7. The highest BCUT2D eigenvalue weighted by atomic mass is 32.2. The molecule has 4 rings (SSSR count). The average molecular weight is 410 g/mol. The SMILES string of the molecule is Cc1nn([C@@H]2CCS(=O)(=O)C2)c(C)c1S(=O)(=O)N1CCCc2ccccc21. The van der Waals surface area contributed by atoms with Crippen molar-refractivity contribution in [1.82, 2.24) is 9.78 Å². The quantitative estimate of drug-likeness (QED) is 0.774. The summed E-state index contributed by atoms with van der Waals surface area (Å²) in [4.78, 5) is 0.198. The molecule has 0 radical (unpaired) electrons. The van der Waals surface area contributed by atoms with Crippen LogP contribution in [0.1, 0.15) is 35.8 Å². The largest absolute Gasteiger partial charge is 0.268 e. The maximum atomic E-state index is 13.5. The molecule has 27 heavy (non-hydrogen) atoms. The van der Waals surface area contributed by atoms with Crippen molar-refractivity contribution in [2.24, 2.45) is 0 Å². The number of sulfone groups is 1. The first-order valence-corrected chi connectivity index (χ1v) is 12.3. The standard InChI is InChI=1S/C18H23N3O4S2/c1-13-18(14(2)21(19-13)16-9-11-26(22,23)12-16)27(24,25)20-10-5-7-15-6-3-4-8-17(15)20/h3-4,6,8,16H,5,7,9-12H2,1-2H3/t16-/m1/s1. The molecule has 1 aromatic heterocycles. The number of aryl methyl sites for hydroxylation is 2. The number of rotatable bonds is 3. The lowest BCUT2D eigenvalue weighted by molar-refractivity contribution is 0.484. The van der Waals surface area contributed by atoms with Crippen LogP contribution in [0.4, 0.5) is 5.69 Å². The molecule has 0 saturated carbocycles. The third kappa shape index (κ3) is 3.06. The van der Waals surface area contributed by atoms with E-state index in [9.17, 15) is 16.8 Å². The second-order valence-corrected chi connectivity index (χ2v) is 11.3. The molecule has 1 saturated heterocycles. The number of nitrogens with zero attached hydrogens (tertiary/aromatic N) is 3. The van der Waals surface area contributed by atoms with Crippen molar-refractivity contribution in [3.63, 3.8) is 0 Å².